The molecule has 1 aliphatic rings. The Morgan fingerprint density at radius 3 is 2.67 bits per heavy atom. The molecular formula is C10H8FN2O2+. The summed E-state index contributed by atoms with van der Waals surface area (Å²) in [6.07, 6.45) is -0.158. The first kappa shape index (κ1) is 9.55. The summed E-state index contributed by atoms with van der Waals surface area (Å²) in [5.74, 6) is 1.67. The Labute approximate surface area is 85.0 Å². The van der Waals surface area contributed by atoms with Gasteiger partial charge in [0, 0.05) is 5.56 Å². The lowest BCUT2D eigenvalue weighted by atomic mass is 10.1. The first-order chi connectivity index (χ1) is 7.20. The van der Waals surface area contributed by atoms with Crippen LogP contribution in [0.2, 0.25) is 0 Å². The largest absolute Gasteiger partial charge is 0.357 e. The fourth-order valence-corrected chi connectivity index (χ4v) is 1.42. The first-order valence-corrected chi connectivity index (χ1v) is 4.39. The number of hydrogen-bond donors (Lipinski definition) is 1. The van der Waals surface area contributed by atoms with Crippen LogP contribution in [0, 0.1) is 16.1 Å². The molecular weight excluding hydrogens is 199 g/mol. The van der Waals surface area contributed by atoms with E-state index < -0.39 is 6.10 Å². The van der Waals surface area contributed by atoms with Crippen LogP contribution in [0.1, 0.15) is 18.1 Å². The van der Waals surface area contributed by atoms with Gasteiger partial charge < -0.3 is 0 Å². The summed E-state index contributed by atoms with van der Waals surface area (Å²) < 4.78 is 12.6. The van der Waals surface area contributed by atoms with Crippen molar-refractivity contribution in [1.82, 2.24) is 0 Å². The fourth-order valence-electron chi connectivity index (χ4n) is 1.42. The zero-order chi connectivity index (χ0) is 10.8. The summed E-state index contributed by atoms with van der Waals surface area (Å²) in [5, 5.41) is 6.85. The Morgan fingerprint density at radius 1 is 1.47 bits per heavy atom. The molecule has 0 radical (unpaired) electrons. The highest BCUT2D eigenvalue weighted by atomic mass is 19.1. The number of benzene rings is 1. The lowest BCUT2D eigenvalue weighted by molar-refractivity contribution is -0.758. The maximum Gasteiger partial charge on any atom is 0.357 e. The van der Waals surface area contributed by atoms with Crippen molar-refractivity contribution in [2.24, 2.45) is 0 Å². The number of nitrogens with one attached hydrogen (secondary N) is 1. The van der Waals surface area contributed by atoms with Crippen LogP contribution >= 0.6 is 0 Å². The van der Waals surface area contributed by atoms with E-state index in [0.29, 0.717) is 12.0 Å². The minimum absolute atomic E-state index is 0.143. The van der Waals surface area contributed by atoms with E-state index >= 15 is 0 Å². The zero-order valence-corrected chi connectivity index (χ0v) is 7.74. The van der Waals surface area contributed by atoms with E-state index in [0.717, 1.165) is 0 Å². The van der Waals surface area contributed by atoms with E-state index in [1.807, 2.05) is 5.87 Å². The molecule has 0 aliphatic carbocycles. The SMILES string of the molecule is N=C=C1CC(c2ccc(F)cc2)O[N+]1=O. The Morgan fingerprint density at radius 2 is 2.13 bits per heavy atom. The highest BCUT2D eigenvalue weighted by Crippen LogP contribution is 2.31. The highest BCUT2D eigenvalue weighted by Gasteiger charge is 2.39. The molecule has 1 saturated heterocycles. The van der Waals surface area contributed by atoms with Gasteiger partial charge in [-0.25, -0.2) is 9.23 Å². The number of hydrogen-bond acceptors (Lipinski definition) is 3. The molecule has 2 rings (SSSR count). The van der Waals surface area contributed by atoms with Gasteiger partial charge in [-0.15, -0.1) is 0 Å². The molecule has 0 spiro atoms. The molecule has 1 N–H and O–H groups in total. The molecule has 1 atom stereocenters. The van der Waals surface area contributed by atoms with Crippen LogP contribution in [0.25, 0.3) is 0 Å². The average molecular weight is 207 g/mol. The third-order valence-corrected chi connectivity index (χ3v) is 2.21. The predicted octanol–water partition coefficient (Wildman–Crippen LogP) is 2.11. The Hall–Kier alpha value is -2.00. The molecule has 1 heterocycles. The second-order valence-corrected chi connectivity index (χ2v) is 3.18. The molecule has 1 aromatic rings. The minimum Gasteiger partial charge on any atom is -0.253 e. The van der Waals surface area contributed by atoms with Crippen molar-refractivity contribution in [3.8, 4) is 0 Å². The van der Waals surface area contributed by atoms with Gasteiger partial charge in [0.25, 0.3) is 4.92 Å². The Balaban J connectivity index is 2.24. The van der Waals surface area contributed by atoms with Crippen molar-refractivity contribution in [1.29, 1.82) is 5.41 Å². The van der Waals surface area contributed by atoms with E-state index in [4.69, 9.17) is 10.2 Å². The number of nitrogens with zero attached hydrogens (tertiary/aromatic N) is 1. The second-order valence-electron chi connectivity index (χ2n) is 3.18. The van der Waals surface area contributed by atoms with Crippen molar-refractivity contribution in [3.63, 3.8) is 0 Å². The van der Waals surface area contributed by atoms with Crippen LogP contribution in [0.3, 0.4) is 0 Å². The van der Waals surface area contributed by atoms with Gasteiger partial charge in [0.1, 0.15) is 12.2 Å². The summed E-state index contributed by atoms with van der Waals surface area (Å²) in [6.45, 7) is 0. The third-order valence-electron chi connectivity index (χ3n) is 2.21. The first-order valence-electron chi connectivity index (χ1n) is 4.39. The summed E-state index contributed by atoms with van der Waals surface area (Å²) in [4.78, 5) is 16.3. The van der Waals surface area contributed by atoms with Gasteiger partial charge in [0.2, 0.25) is 6.10 Å². The standard InChI is InChI=1S/C10H8FN2O2/c11-8-3-1-7(2-4-8)10-5-9(6-12)13(14)15-10/h1-4,10,12H,5H2/q+1. The molecule has 1 fully saturated rings. The van der Waals surface area contributed by atoms with Crippen molar-refractivity contribution in [2.45, 2.75) is 12.5 Å². The van der Waals surface area contributed by atoms with E-state index in [-0.39, 0.29) is 16.4 Å². The van der Waals surface area contributed by atoms with Gasteiger partial charge in [0.15, 0.2) is 0 Å². The van der Waals surface area contributed by atoms with Gasteiger partial charge >= 0.3 is 5.70 Å². The smallest absolute Gasteiger partial charge is 0.253 e. The van der Waals surface area contributed by atoms with Crippen LogP contribution < -0.4 is 0 Å². The van der Waals surface area contributed by atoms with Gasteiger partial charge in [0.05, 0.1) is 10.8 Å². The summed E-state index contributed by atoms with van der Waals surface area (Å²) in [5.41, 5.74) is 0.854. The summed E-state index contributed by atoms with van der Waals surface area (Å²) >= 11 is 0. The van der Waals surface area contributed by atoms with Gasteiger partial charge in [-0.1, -0.05) is 12.1 Å². The zero-order valence-electron chi connectivity index (χ0n) is 7.74. The van der Waals surface area contributed by atoms with Crippen molar-refractivity contribution in [2.75, 3.05) is 0 Å². The molecule has 0 amide bonds. The summed E-state index contributed by atoms with van der Waals surface area (Å²) in [7, 11) is 0. The topological polar surface area (TPSA) is 53.2 Å². The quantitative estimate of drug-likeness (QED) is 0.717. The minimum atomic E-state index is -0.448. The van der Waals surface area contributed by atoms with E-state index in [9.17, 15) is 9.30 Å². The molecule has 1 unspecified atom stereocenters. The number of halogens is 1. The van der Waals surface area contributed by atoms with Gasteiger partial charge in [-0.05, 0) is 12.1 Å². The molecule has 15 heavy (non-hydrogen) atoms. The highest BCUT2D eigenvalue weighted by molar-refractivity contribution is 5.51. The molecule has 0 bridgehead atoms. The van der Waals surface area contributed by atoms with Gasteiger partial charge in [-0.2, -0.15) is 0 Å². The molecule has 1 aliphatic heterocycles. The Kier molecular flexibility index (Phi) is 2.31. The number of rotatable bonds is 1. The van der Waals surface area contributed by atoms with E-state index in [1.54, 1.807) is 12.1 Å². The molecule has 76 valence electrons. The molecule has 0 aromatic heterocycles. The van der Waals surface area contributed by atoms with Crippen LogP contribution in [0.15, 0.2) is 30.0 Å². The third kappa shape index (κ3) is 1.78. The second kappa shape index (κ2) is 3.63. The predicted molar refractivity (Wildman–Crippen MR) is 49.7 cm³/mol. The lowest BCUT2D eigenvalue weighted by Gasteiger charge is -2.01. The maximum atomic E-state index is 12.6. The van der Waals surface area contributed by atoms with Crippen LogP contribution in [-0.4, -0.2) is 10.8 Å². The average Bonchev–Trinajstić information content (AvgIpc) is 2.61. The lowest BCUT2D eigenvalue weighted by Crippen LogP contribution is -1.99. The Bertz CT molecular complexity index is 449. The van der Waals surface area contributed by atoms with E-state index in [1.165, 1.54) is 12.1 Å². The van der Waals surface area contributed by atoms with Crippen LogP contribution in [0.5, 0.6) is 0 Å². The molecule has 1 aromatic carbocycles. The van der Waals surface area contributed by atoms with Crippen LogP contribution in [-0.2, 0) is 4.84 Å². The van der Waals surface area contributed by atoms with Gasteiger partial charge in [-0.3, -0.25) is 5.41 Å². The van der Waals surface area contributed by atoms with Crippen molar-refractivity contribution in [3.05, 3.63) is 46.3 Å². The molecule has 5 heteroatoms. The fraction of sp³-hybridized carbons (Fsp3) is 0.200. The molecule has 4 nitrogen and oxygen atoms in total. The molecule has 0 saturated carbocycles. The van der Waals surface area contributed by atoms with E-state index in [2.05, 4.69) is 0 Å². The summed E-state index contributed by atoms with van der Waals surface area (Å²) in [6, 6.07) is 5.72. The van der Waals surface area contributed by atoms with Crippen LogP contribution in [0.4, 0.5) is 4.39 Å². The van der Waals surface area contributed by atoms with Crippen molar-refractivity contribution < 1.29 is 14.2 Å². The maximum absolute atomic E-state index is 12.6. The monoisotopic (exact) mass is 207 g/mol. The van der Waals surface area contributed by atoms with Crippen molar-refractivity contribution >= 4 is 5.87 Å². The normalized spacial score (nSPS) is 19.9.